The molecule has 0 aliphatic carbocycles. The Kier molecular flexibility index (Phi) is 5.79. The number of benzene rings is 2. The van der Waals surface area contributed by atoms with E-state index in [9.17, 15) is 18.0 Å². The molecule has 1 aliphatic rings. The molecule has 1 aliphatic heterocycles. The van der Waals surface area contributed by atoms with Crippen LogP contribution in [0.2, 0.25) is 0 Å². The van der Waals surface area contributed by atoms with Gasteiger partial charge in [0.1, 0.15) is 5.75 Å². The van der Waals surface area contributed by atoms with Crippen LogP contribution in [0.4, 0.5) is 5.69 Å². The Hall–Kier alpha value is -3.13. The van der Waals surface area contributed by atoms with Crippen LogP contribution in [-0.2, 0) is 19.4 Å². The fourth-order valence-corrected chi connectivity index (χ4v) is 4.10. The average molecular weight is 401 g/mol. The van der Waals surface area contributed by atoms with Crippen molar-refractivity contribution in [1.29, 1.82) is 0 Å². The van der Waals surface area contributed by atoms with Gasteiger partial charge in [0.15, 0.2) is 16.4 Å². The second-order valence-corrected chi connectivity index (χ2v) is 8.06. The van der Waals surface area contributed by atoms with E-state index in [1.807, 2.05) is 0 Å². The molecular formula is C20H19NO6S. The third-order valence-corrected chi connectivity index (χ3v) is 5.58. The summed E-state index contributed by atoms with van der Waals surface area (Å²) in [6, 6.07) is 14.3. The minimum Gasteiger partial charge on any atom is -0.497 e. The molecule has 1 heterocycles. The lowest BCUT2D eigenvalue weighted by Crippen LogP contribution is -2.43. The quantitative estimate of drug-likeness (QED) is 0.690. The van der Waals surface area contributed by atoms with Crippen molar-refractivity contribution in [3.05, 3.63) is 71.6 Å². The molecule has 3 rings (SSSR count). The summed E-state index contributed by atoms with van der Waals surface area (Å²) < 4.78 is 33.7. The van der Waals surface area contributed by atoms with Crippen molar-refractivity contribution in [2.75, 3.05) is 24.4 Å². The summed E-state index contributed by atoms with van der Waals surface area (Å²) in [6.07, 6.45) is 1.46. The monoisotopic (exact) mass is 401 g/mol. The topological polar surface area (TPSA) is 90.0 Å². The number of esters is 1. The maximum Gasteiger partial charge on any atom is 0.338 e. The molecule has 1 atom stereocenters. The van der Waals surface area contributed by atoms with Gasteiger partial charge in [-0.15, -0.1) is 0 Å². The molecule has 146 valence electrons. The second-order valence-electron chi connectivity index (χ2n) is 6.13. The molecule has 7 nitrogen and oxygen atoms in total. The van der Waals surface area contributed by atoms with Crippen LogP contribution in [0.1, 0.15) is 10.4 Å². The molecule has 28 heavy (non-hydrogen) atoms. The highest BCUT2D eigenvalue weighted by atomic mass is 32.2. The van der Waals surface area contributed by atoms with E-state index >= 15 is 0 Å². The number of methoxy groups -OCH3 is 1. The van der Waals surface area contributed by atoms with Crippen molar-refractivity contribution in [3.8, 4) is 5.75 Å². The number of carbonyl (C=O) groups is 2. The van der Waals surface area contributed by atoms with Gasteiger partial charge in [-0.25, -0.2) is 13.2 Å². The normalized spacial score (nSPS) is 17.1. The van der Waals surface area contributed by atoms with Crippen molar-refractivity contribution in [2.45, 2.75) is 6.04 Å². The van der Waals surface area contributed by atoms with Gasteiger partial charge in [-0.05, 0) is 42.5 Å². The Balaban J connectivity index is 1.72. The first-order valence-electron chi connectivity index (χ1n) is 8.49. The Bertz CT molecular complexity index is 983. The molecule has 0 saturated heterocycles. The summed E-state index contributed by atoms with van der Waals surface area (Å²) in [7, 11) is -1.84. The van der Waals surface area contributed by atoms with E-state index in [4.69, 9.17) is 9.47 Å². The van der Waals surface area contributed by atoms with Crippen LogP contribution in [0.5, 0.6) is 5.75 Å². The number of para-hydroxylation sites is 1. The highest BCUT2D eigenvalue weighted by Gasteiger charge is 2.31. The first kappa shape index (κ1) is 19.6. The summed E-state index contributed by atoms with van der Waals surface area (Å²) in [5, 5.41) is 1.10. The zero-order chi connectivity index (χ0) is 20.1. The first-order valence-corrected chi connectivity index (χ1v) is 10.2. The van der Waals surface area contributed by atoms with Crippen molar-refractivity contribution >= 4 is 27.4 Å². The third kappa shape index (κ3) is 4.58. The molecule has 2 aromatic rings. The first-order chi connectivity index (χ1) is 13.4. The zero-order valence-electron chi connectivity index (χ0n) is 15.1. The zero-order valence-corrected chi connectivity index (χ0v) is 16.0. The predicted molar refractivity (Wildman–Crippen MR) is 104 cm³/mol. The van der Waals surface area contributed by atoms with Gasteiger partial charge in [0.05, 0.1) is 24.5 Å². The van der Waals surface area contributed by atoms with Crippen LogP contribution in [0, 0.1) is 0 Å². The number of ether oxygens (including phenoxy) is 2. The Morgan fingerprint density at radius 1 is 1.07 bits per heavy atom. The van der Waals surface area contributed by atoms with E-state index in [0.29, 0.717) is 11.4 Å². The van der Waals surface area contributed by atoms with Crippen LogP contribution < -0.4 is 9.64 Å². The minimum absolute atomic E-state index is 0.208. The molecule has 0 bridgehead atoms. The van der Waals surface area contributed by atoms with Crippen LogP contribution >= 0.6 is 0 Å². The molecule has 8 heteroatoms. The molecule has 0 N–H and O–H groups in total. The molecule has 0 radical (unpaired) electrons. The highest BCUT2D eigenvalue weighted by Crippen LogP contribution is 2.23. The lowest BCUT2D eigenvalue weighted by atomic mass is 10.2. The SMILES string of the molecule is COc1ccc(C(=O)OCC(=O)N(c2ccccc2)[C@@H]2C=CS(=O)(=O)C2)cc1. The van der Waals surface area contributed by atoms with Crippen molar-refractivity contribution in [2.24, 2.45) is 0 Å². The van der Waals surface area contributed by atoms with Gasteiger partial charge < -0.3 is 14.4 Å². The van der Waals surface area contributed by atoms with Gasteiger partial charge in [-0.3, -0.25) is 4.79 Å². The largest absolute Gasteiger partial charge is 0.497 e. The van der Waals surface area contributed by atoms with Gasteiger partial charge in [-0.2, -0.15) is 0 Å². The molecule has 0 aromatic heterocycles. The Morgan fingerprint density at radius 3 is 2.32 bits per heavy atom. The fraction of sp³-hybridized carbons (Fsp3) is 0.200. The number of carbonyl (C=O) groups excluding carboxylic acids is 2. The fourth-order valence-electron chi connectivity index (χ4n) is 2.84. The van der Waals surface area contributed by atoms with Crippen LogP contribution in [0.25, 0.3) is 0 Å². The van der Waals surface area contributed by atoms with E-state index in [-0.39, 0.29) is 11.3 Å². The molecule has 0 fully saturated rings. The smallest absolute Gasteiger partial charge is 0.338 e. The van der Waals surface area contributed by atoms with Crippen molar-refractivity contribution < 1.29 is 27.5 Å². The molecular weight excluding hydrogens is 382 g/mol. The summed E-state index contributed by atoms with van der Waals surface area (Å²) in [4.78, 5) is 26.3. The van der Waals surface area contributed by atoms with E-state index in [1.165, 1.54) is 30.2 Å². The number of amides is 1. The van der Waals surface area contributed by atoms with Gasteiger partial charge >= 0.3 is 5.97 Å². The lowest BCUT2D eigenvalue weighted by Gasteiger charge is -2.27. The van der Waals surface area contributed by atoms with Gasteiger partial charge in [0, 0.05) is 11.1 Å². The van der Waals surface area contributed by atoms with Crippen molar-refractivity contribution in [3.63, 3.8) is 0 Å². The van der Waals surface area contributed by atoms with E-state index in [0.717, 1.165) is 5.41 Å². The number of hydrogen-bond acceptors (Lipinski definition) is 6. The molecule has 2 aromatic carbocycles. The lowest BCUT2D eigenvalue weighted by molar-refractivity contribution is -0.121. The van der Waals surface area contributed by atoms with Crippen molar-refractivity contribution in [1.82, 2.24) is 0 Å². The van der Waals surface area contributed by atoms with Crippen LogP contribution in [-0.4, -0.2) is 45.8 Å². The molecule has 0 saturated carbocycles. The summed E-state index contributed by atoms with van der Waals surface area (Å²) in [5.41, 5.74) is 0.808. The summed E-state index contributed by atoms with van der Waals surface area (Å²) in [5.74, 6) is -0.782. The number of sulfone groups is 1. The average Bonchev–Trinajstić information content (AvgIpc) is 3.06. The van der Waals surface area contributed by atoms with E-state index < -0.39 is 34.4 Å². The number of anilines is 1. The Labute approximate surface area is 163 Å². The highest BCUT2D eigenvalue weighted by molar-refractivity contribution is 7.94. The number of nitrogens with zero attached hydrogens (tertiary/aromatic N) is 1. The van der Waals surface area contributed by atoms with Crippen LogP contribution in [0.3, 0.4) is 0 Å². The summed E-state index contributed by atoms with van der Waals surface area (Å²) >= 11 is 0. The minimum atomic E-state index is -3.36. The van der Waals surface area contributed by atoms with E-state index in [1.54, 1.807) is 42.5 Å². The standard InChI is InChI=1S/C20H19NO6S/c1-26-18-9-7-15(8-10-18)20(23)27-13-19(22)21(16-5-3-2-4-6-16)17-11-12-28(24,25)14-17/h2-12,17H,13-14H2,1H3/t17-/m1/s1. The predicted octanol–water partition coefficient (Wildman–Crippen LogP) is 2.20. The third-order valence-electron chi connectivity index (χ3n) is 4.20. The van der Waals surface area contributed by atoms with E-state index in [2.05, 4.69) is 0 Å². The Morgan fingerprint density at radius 2 is 1.75 bits per heavy atom. The number of rotatable bonds is 6. The van der Waals surface area contributed by atoms with Gasteiger partial charge in [-0.1, -0.05) is 18.2 Å². The molecule has 0 spiro atoms. The maximum absolute atomic E-state index is 12.8. The van der Waals surface area contributed by atoms with Crippen LogP contribution in [0.15, 0.2) is 66.1 Å². The second kappa shape index (κ2) is 8.26. The van der Waals surface area contributed by atoms with Gasteiger partial charge in [0.2, 0.25) is 0 Å². The van der Waals surface area contributed by atoms with Gasteiger partial charge in [0.25, 0.3) is 5.91 Å². The molecule has 0 unspecified atom stereocenters. The summed E-state index contributed by atoms with van der Waals surface area (Å²) in [6.45, 7) is -0.510. The maximum atomic E-state index is 12.8. The molecule has 1 amide bonds. The number of hydrogen-bond donors (Lipinski definition) is 0.